The highest BCUT2D eigenvalue weighted by Crippen LogP contribution is 2.33. The van der Waals surface area contributed by atoms with E-state index in [0.29, 0.717) is 6.54 Å². The van der Waals surface area contributed by atoms with Crippen LogP contribution in [0.3, 0.4) is 0 Å². The van der Waals surface area contributed by atoms with Gasteiger partial charge in [0.2, 0.25) is 0 Å². The fraction of sp³-hybridized carbons (Fsp3) is 0.739. The summed E-state index contributed by atoms with van der Waals surface area (Å²) < 4.78 is 5.78. The molecule has 3 rings (SSSR count). The molecule has 1 aliphatic heterocycles. The van der Waals surface area contributed by atoms with Gasteiger partial charge in [-0.2, -0.15) is 0 Å². The van der Waals surface area contributed by atoms with Gasteiger partial charge >= 0.3 is 6.09 Å². The van der Waals surface area contributed by atoms with Crippen molar-refractivity contribution in [3.63, 3.8) is 0 Å². The monoisotopic (exact) mass is 402 g/mol. The van der Waals surface area contributed by atoms with Gasteiger partial charge in [-0.25, -0.2) is 4.79 Å². The summed E-state index contributed by atoms with van der Waals surface area (Å²) in [6.07, 6.45) is 5.68. The Labute approximate surface area is 176 Å². The Balaban J connectivity index is 1.65. The van der Waals surface area contributed by atoms with Crippen LogP contribution in [0.4, 0.5) is 4.79 Å². The van der Waals surface area contributed by atoms with E-state index in [2.05, 4.69) is 27.8 Å². The molecule has 6 nitrogen and oxygen atoms in total. The number of piperazine rings is 1. The second-order valence-corrected chi connectivity index (χ2v) is 9.26. The van der Waals surface area contributed by atoms with Gasteiger partial charge in [0.05, 0.1) is 11.7 Å². The third-order valence-electron chi connectivity index (χ3n) is 5.96. The average Bonchev–Trinajstić information content (AvgIpc) is 2.70. The average molecular weight is 403 g/mol. The van der Waals surface area contributed by atoms with Crippen LogP contribution in [-0.2, 0) is 11.2 Å². The summed E-state index contributed by atoms with van der Waals surface area (Å²) in [6, 6.07) is 4.16. The Bertz CT molecular complexity index is 665. The largest absolute Gasteiger partial charge is 0.444 e. The van der Waals surface area contributed by atoms with Crippen molar-refractivity contribution in [1.29, 1.82) is 0 Å². The minimum Gasteiger partial charge on any atom is -0.444 e. The van der Waals surface area contributed by atoms with Gasteiger partial charge < -0.3 is 14.5 Å². The van der Waals surface area contributed by atoms with Crippen molar-refractivity contribution >= 4 is 6.09 Å². The Morgan fingerprint density at radius 1 is 1.24 bits per heavy atom. The first kappa shape index (κ1) is 22.0. The smallest absolute Gasteiger partial charge is 0.410 e. The van der Waals surface area contributed by atoms with E-state index < -0.39 is 5.60 Å². The van der Waals surface area contributed by atoms with Gasteiger partial charge in [-0.15, -0.1) is 0 Å². The molecule has 1 fully saturated rings. The fourth-order valence-corrected chi connectivity index (χ4v) is 4.38. The van der Waals surface area contributed by atoms with Crippen LogP contribution in [0.5, 0.6) is 0 Å². The fourth-order valence-electron chi connectivity index (χ4n) is 4.38. The summed E-state index contributed by atoms with van der Waals surface area (Å²) in [7, 11) is 0. The summed E-state index contributed by atoms with van der Waals surface area (Å²) in [5.74, 6) is 0. The molecule has 162 valence electrons. The van der Waals surface area contributed by atoms with E-state index in [1.54, 1.807) is 0 Å². The zero-order chi connectivity index (χ0) is 20.9. The minimum absolute atomic E-state index is 0.0201. The topological polar surface area (TPSA) is 48.9 Å². The lowest BCUT2D eigenvalue weighted by molar-refractivity contribution is 0.0122. The van der Waals surface area contributed by atoms with Crippen molar-refractivity contribution in [1.82, 2.24) is 19.7 Å². The number of ether oxygens (including phenoxy) is 1. The lowest BCUT2D eigenvalue weighted by Crippen LogP contribution is -2.47. The SMILES string of the molecule is CCN1CCN(CCCN(C(=O)OC(C)(C)C)[C@H]2CCCc3cccnc32)CC1. The first-order chi connectivity index (χ1) is 13.9. The third-order valence-corrected chi connectivity index (χ3v) is 5.96. The molecule has 0 radical (unpaired) electrons. The molecule has 6 heteroatoms. The molecule has 0 aromatic carbocycles. The lowest BCUT2D eigenvalue weighted by Gasteiger charge is -2.37. The number of nitrogens with zero attached hydrogens (tertiary/aromatic N) is 4. The van der Waals surface area contributed by atoms with E-state index in [1.165, 1.54) is 5.56 Å². The van der Waals surface area contributed by atoms with Crippen molar-refractivity contribution in [3.8, 4) is 0 Å². The summed E-state index contributed by atoms with van der Waals surface area (Å²) >= 11 is 0. The van der Waals surface area contributed by atoms with Gasteiger partial charge in [-0.3, -0.25) is 9.88 Å². The maximum Gasteiger partial charge on any atom is 0.410 e. The molecule has 2 heterocycles. The van der Waals surface area contributed by atoms with Gasteiger partial charge in [0, 0.05) is 38.9 Å². The van der Waals surface area contributed by atoms with Crippen molar-refractivity contribution < 1.29 is 9.53 Å². The second-order valence-electron chi connectivity index (χ2n) is 9.26. The first-order valence-corrected chi connectivity index (χ1v) is 11.3. The van der Waals surface area contributed by atoms with E-state index in [9.17, 15) is 4.79 Å². The Morgan fingerprint density at radius 3 is 2.66 bits per heavy atom. The van der Waals surface area contributed by atoms with Crippen LogP contribution >= 0.6 is 0 Å². The molecule has 1 aromatic rings. The molecule has 2 aliphatic rings. The molecular formula is C23H38N4O2. The van der Waals surface area contributed by atoms with Crippen LogP contribution in [0.15, 0.2) is 18.3 Å². The number of likely N-dealkylation sites (N-methyl/N-ethyl adjacent to an activating group) is 1. The number of aryl methyl sites for hydroxylation is 1. The van der Waals surface area contributed by atoms with E-state index >= 15 is 0 Å². The van der Waals surface area contributed by atoms with Gasteiger partial charge in [0.1, 0.15) is 5.60 Å². The molecule has 1 saturated heterocycles. The van der Waals surface area contributed by atoms with Crippen molar-refractivity contribution in [2.45, 2.75) is 65.0 Å². The van der Waals surface area contributed by atoms with Crippen LogP contribution < -0.4 is 0 Å². The molecular weight excluding hydrogens is 364 g/mol. The highest BCUT2D eigenvalue weighted by Gasteiger charge is 2.33. The van der Waals surface area contributed by atoms with E-state index in [1.807, 2.05) is 37.9 Å². The van der Waals surface area contributed by atoms with E-state index in [0.717, 1.165) is 70.6 Å². The molecule has 0 unspecified atom stereocenters. The molecule has 1 amide bonds. The summed E-state index contributed by atoms with van der Waals surface area (Å²) in [4.78, 5) is 24.7. The zero-order valence-corrected chi connectivity index (χ0v) is 18.7. The molecule has 1 atom stereocenters. The van der Waals surface area contributed by atoms with Gasteiger partial charge in [-0.05, 0) is 71.2 Å². The molecule has 1 aliphatic carbocycles. The molecule has 1 aromatic heterocycles. The summed E-state index contributed by atoms with van der Waals surface area (Å²) in [5.41, 5.74) is 1.84. The Kier molecular flexibility index (Phi) is 7.52. The first-order valence-electron chi connectivity index (χ1n) is 11.3. The molecule has 0 saturated carbocycles. The molecule has 0 bridgehead atoms. The summed E-state index contributed by atoms with van der Waals surface area (Å²) in [5, 5.41) is 0. The highest BCUT2D eigenvalue weighted by molar-refractivity contribution is 5.69. The number of hydrogen-bond donors (Lipinski definition) is 0. The van der Waals surface area contributed by atoms with Crippen LogP contribution in [0.1, 0.15) is 64.3 Å². The zero-order valence-electron chi connectivity index (χ0n) is 18.7. The third kappa shape index (κ3) is 6.16. The molecule has 29 heavy (non-hydrogen) atoms. The van der Waals surface area contributed by atoms with Crippen LogP contribution in [0, 0.1) is 0 Å². The van der Waals surface area contributed by atoms with E-state index in [4.69, 9.17) is 4.74 Å². The molecule has 0 spiro atoms. The van der Waals surface area contributed by atoms with E-state index in [-0.39, 0.29) is 12.1 Å². The number of aromatic nitrogens is 1. The Hall–Kier alpha value is -1.66. The number of carbonyl (C=O) groups excluding carboxylic acids is 1. The van der Waals surface area contributed by atoms with Crippen LogP contribution in [0.25, 0.3) is 0 Å². The standard InChI is InChI=1S/C23H38N4O2/c1-5-25-15-17-26(18-16-25)13-8-14-27(22(28)29-23(2,3)4)20-11-6-9-19-10-7-12-24-21(19)20/h7,10,12,20H,5-6,8-9,11,13-18H2,1-4H3/t20-/m0/s1. The van der Waals surface area contributed by atoms with Crippen LogP contribution in [0.2, 0.25) is 0 Å². The highest BCUT2D eigenvalue weighted by atomic mass is 16.6. The van der Waals surface area contributed by atoms with Gasteiger partial charge in [0.15, 0.2) is 0 Å². The normalized spacial score (nSPS) is 20.9. The number of pyridine rings is 1. The minimum atomic E-state index is -0.493. The maximum absolute atomic E-state index is 13.1. The second kappa shape index (κ2) is 9.90. The summed E-state index contributed by atoms with van der Waals surface area (Å²) in [6.45, 7) is 15.4. The number of fused-ring (bicyclic) bond motifs is 1. The van der Waals surface area contributed by atoms with Gasteiger partial charge in [0.25, 0.3) is 0 Å². The lowest BCUT2D eigenvalue weighted by atomic mass is 9.91. The maximum atomic E-state index is 13.1. The van der Waals surface area contributed by atoms with Crippen LogP contribution in [-0.4, -0.2) is 77.2 Å². The van der Waals surface area contributed by atoms with Crippen molar-refractivity contribution in [3.05, 3.63) is 29.6 Å². The van der Waals surface area contributed by atoms with Crippen molar-refractivity contribution in [2.24, 2.45) is 0 Å². The predicted octanol–water partition coefficient (Wildman–Crippen LogP) is 3.72. The predicted molar refractivity (Wildman–Crippen MR) is 116 cm³/mol. The number of hydrogen-bond acceptors (Lipinski definition) is 5. The molecule has 0 N–H and O–H groups in total. The number of rotatable bonds is 6. The Morgan fingerprint density at radius 2 is 1.97 bits per heavy atom. The quantitative estimate of drug-likeness (QED) is 0.726. The van der Waals surface area contributed by atoms with Gasteiger partial charge in [-0.1, -0.05) is 13.0 Å². The van der Waals surface area contributed by atoms with Crippen molar-refractivity contribution in [2.75, 3.05) is 45.8 Å². The number of amides is 1. The number of carbonyl (C=O) groups is 1.